The molecule has 1 amide bonds. The molecule has 3 unspecified atom stereocenters. The van der Waals surface area contributed by atoms with Gasteiger partial charge in [-0.25, -0.2) is 9.59 Å². The highest BCUT2D eigenvalue weighted by Crippen LogP contribution is 2.46. The number of hydrogen-bond acceptors (Lipinski definition) is 7. The van der Waals surface area contributed by atoms with E-state index in [-0.39, 0.29) is 6.61 Å². The standard InChI is InChI=1S/C16H21Cl3N2O6S/c1-5-26-9(22)6-8(2)20-10-12(23)21-11(14(24)27-7-16(17,18)19)15(3,4)28(25)13(10)21/h6,10-11,13,20H,5,7H2,1-4H3/t10?,11?,13-,28?/m0/s1. The molecule has 2 saturated heterocycles. The van der Waals surface area contributed by atoms with Gasteiger partial charge < -0.3 is 19.3 Å². The van der Waals surface area contributed by atoms with E-state index in [0.717, 1.165) is 0 Å². The Morgan fingerprint density at radius 1 is 1.36 bits per heavy atom. The monoisotopic (exact) mass is 474 g/mol. The minimum absolute atomic E-state index is 0.220. The molecule has 1 N–H and O–H groups in total. The Kier molecular flexibility index (Phi) is 7.08. The number of rotatable bonds is 6. The van der Waals surface area contributed by atoms with Gasteiger partial charge in [-0.2, -0.15) is 0 Å². The molecule has 8 nitrogen and oxygen atoms in total. The Morgan fingerprint density at radius 3 is 2.50 bits per heavy atom. The molecule has 2 fully saturated rings. The van der Waals surface area contributed by atoms with E-state index < -0.39 is 61.6 Å². The van der Waals surface area contributed by atoms with Gasteiger partial charge in [0.1, 0.15) is 6.61 Å². The van der Waals surface area contributed by atoms with Gasteiger partial charge in [-0.15, -0.1) is 0 Å². The molecular formula is C16H21Cl3N2O6S. The summed E-state index contributed by atoms with van der Waals surface area (Å²) < 4.78 is 19.9. The number of alkyl halides is 3. The molecular weight excluding hydrogens is 455 g/mol. The molecule has 0 aromatic rings. The maximum atomic E-state index is 12.9. The van der Waals surface area contributed by atoms with E-state index in [1.165, 1.54) is 11.0 Å². The van der Waals surface area contributed by atoms with Crippen LogP contribution in [0.4, 0.5) is 0 Å². The van der Waals surface area contributed by atoms with Gasteiger partial charge in [-0.3, -0.25) is 9.69 Å². The van der Waals surface area contributed by atoms with Crippen LogP contribution in [-0.4, -0.2) is 66.5 Å². The molecule has 0 aromatic carbocycles. The van der Waals surface area contributed by atoms with Crippen LogP contribution in [0, 0.1) is 0 Å². The maximum absolute atomic E-state index is 12.9. The second kappa shape index (κ2) is 8.47. The minimum atomic E-state index is -1.80. The summed E-state index contributed by atoms with van der Waals surface area (Å²) in [5, 5.41) is 2.12. The predicted molar refractivity (Wildman–Crippen MR) is 105 cm³/mol. The van der Waals surface area contributed by atoms with Crippen LogP contribution >= 0.6 is 34.8 Å². The van der Waals surface area contributed by atoms with Crippen molar-refractivity contribution in [3.8, 4) is 0 Å². The molecule has 2 aliphatic rings. The molecule has 12 heteroatoms. The van der Waals surface area contributed by atoms with Crippen LogP contribution in [0.1, 0.15) is 27.7 Å². The molecule has 0 spiro atoms. The lowest BCUT2D eigenvalue weighted by Gasteiger charge is -2.42. The van der Waals surface area contributed by atoms with Crippen molar-refractivity contribution in [2.24, 2.45) is 0 Å². The first kappa shape index (κ1) is 23.4. The van der Waals surface area contributed by atoms with Gasteiger partial charge in [-0.1, -0.05) is 34.8 Å². The van der Waals surface area contributed by atoms with E-state index in [9.17, 15) is 18.9 Å². The summed E-state index contributed by atoms with van der Waals surface area (Å²) in [6, 6.07) is -1.91. The van der Waals surface area contributed by atoms with Crippen LogP contribution < -0.4 is 5.32 Å². The van der Waals surface area contributed by atoms with E-state index in [2.05, 4.69) is 5.32 Å². The first-order valence-electron chi connectivity index (χ1n) is 8.39. The van der Waals surface area contributed by atoms with Gasteiger partial charge in [0.2, 0.25) is 9.17 Å². The van der Waals surface area contributed by atoms with Crippen LogP contribution in [0.5, 0.6) is 0 Å². The molecule has 158 valence electrons. The fourth-order valence-corrected chi connectivity index (χ4v) is 5.23. The summed E-state index contributed by atoms with van der Waals surface area (Å²) >= 11 is 15.2. The molecule has 0 aromatic heterocycles. The van der Waals surface area contributed by atoms with Gasteiger partial charge in [0, 0.05) is 11.8 Å². The zero-order chi connectivity index (χ0) is 21.4. The summed E-state index contributed by atoms with van der Waals surface area (Å²) in [6.45, 7) is 6.20. The number of allylic oxidation sites excluding steroid dienone is 1. The number of esters is 2. The van der Waals surface area contributed by atoms with E-state index in [4.69, 9.17) is 44.3 Å². The van der Waals surface area contributed by atoms with Crippen molar-refractivity contribution < 1.29 is 28.4 Å². The summed E-state index contributed by atoms with van der Waals surface area (Å²) in [7, 11) is 0. The number of nitrogens with one attached hydrogen (secondary N) is 1. The van der Waals surface area contributed by atoms with Crippen molar-refractivity contribution in [1.29, 1.82) is 0 Å². The Hall–Kier alpha value is -0.870. The molecule has 0 radical (unpaired) electrons. The van der Waals surface area contributed by atoms with Crippen LogP contribution in [0.3, 0.4) is 0 Å². The van der Waals surface area contributed by atoms with Crippen molar-refractivity contribution >= 4 is 63.8 Å². The number of hydrogen-bond donors (Lipinski definition) is 1. The Labute approximate surface area is 181 Å². The summed E-state index contributed by atoms with van der Waals surface area (Å²) in [5.41, 5.74) is 0.383. The van der Waals surface area contributed by atoms with Crippen molar-refractivity contribution in [1.82, 2.24) is 10.2 Å². The molecule has 2 heterocycles. The Morgan fingerprint density at radius 2 is 1.96 bits per heavy atom. The van der Waals surface area contributed by atoms with Crippen molar-refractivity contribution in [2.45, 2.75) is 53.7 Å². The van der Waals surface area contributed by atoms with Crippen LogP contribution in [-0.2, 0) is 35.0 Å². The highest BCUT2D eigenvalue weighted by Gasteiger charge is 2.72. The summed E-state index contributed by atoms with van der Waals surface area (Å²) in [4.78, 5) is 37.9. The minimum Gasteiger partial charge on any atom is -0.614 e. The lowest BCUT2D eigenvalue weighted by Crippen LogP contribution is -2.71. The number of carbonyl (C=O) groups excluding carboxylic acids is 3. The smallest absolute Gasteiger partial charge is 0.334 e. The number of ether oxygens (including phenoxy) is 2. The molecule has 0 saturated carbocycles. The molecule has 0 bridgehead atoms. The number of amides is 1. The number of fused-ring (bicyclic) bond motifs is 1. The van der Waals surface area contributed by atoms with Gasteiger partial charge in [0.25, 0.3) is 5.91 Å². The van der Waals surface area contributed by atoms with Crippen LogP contribution in [0.15, 0.2) is 11.8 Å². The van der Waals surface area contributed by atoms with Gasteiger partial charge in [0.05, 0.1) is 6.61 Å². The van der Waals surface area contributed by atoms with Gasteiger partial charge in [-0.05, 0) is 38.9 Å². The topological polar surface area (TPSA) is 108 Å². The van der Waals surface area contributed by atoms with Gasteiger partial charge >= 0.3 is 11.9 Å². The molecule has 2 rings (SSSR count). The third-order valence-electron chi connectivity index (χ3n) is 4.36. The molecule has 4 atom stereocenters. The fraction of sp³-hybridized carbons (Fsp3) is 0.688. The average molecular weight is 476 g/mol. The lowest BCUT2D eigenvalue weighted by molar-refractivity contribution is -0.163. The molecule has 0 aliphatic carbocycles. The first-order chi connectivity index (χ1) is 12.8. The van der Waals surface area contributed by atoms with Crippen molar-refractivity contribution in [3.63, 3.8) is 0 Å². The zero-order valence-electron chi connectivity index (χ0n) is 15.7. The summed E-state index contributed by atoms with van der Waals surface area (Å²) in [5.74, 6) is -1.79. The van der Waals surface area contributed by atoms with E-state index in [1.807, 2.05) is 0 Å². The maximum Gasteiger partial charge on any atom is 0.334 e. The largest absolute Gasteiger partial charge is 0.614 e. The average Bonchev–Trinajstić information content (AvgIpc) is 2.74. The summed E-state index contributed by atoms with van der Waals surface area (Å²) in [6.07, 6.45) is 1.20. The third kappa shape index (κ3) is 4.64. The highest BCUT2D eigenvalue weighted by molar-refractivity contribution is 7.94. The van der Waals surface area contributed by atoms with Crippen molar-refractivity contribution in [3.05, 3.63) is 11.8 Å². The zero-order valence-corrected chi connectivity index (χ0v) is 18.7. The Bertz CT molecular complexity index is 696. The molecule has 28 heavy (non-hydrogen) atoms. The first-order valence-corrected chi connectivity index (χ1v) is 10.7. The SMILES string of the molecule is CCOC(=O)C=C(C)NC1C(=O)N2C(C(=O)OCC(Cl)(Cl)Cl)C(C)(C)[S+]([O-])[C@@H]12. The van der Waals surface area contributed by atoms with Crippen LogP contribution in [0.25, 0.3) is 0 Å². The Balaban J connectivity index is 2.14. The van der Waals surface area contributed by atoms with Gasteiger partial charge in [0.15, 0.2) is 16.8 Å². The fourth-order valence-electron chi connectivity index (χ4n) is 3.15. The quantitative estimate of drug-likeness (QED) is 0.203. The second-order valence-electron chi connectivity index (χ2n) is 6.86. The number of halogens is 3. The molecule has 2 aliphatic heterocycles. The second-order valence-corrected chi connectivity index (χ2v) is 11.5. The number of nitrogens with zero attached hydrogens (tertiary/aromatic N) is 1. The van der Waals surface area contributed by atoms with E-state index in [0.29, 0.717) is 5.70 Å². The predicted octanol–water partition coefficient (Wildman–Crippen LogP) is 1.40. The third-order valence-corrected chi connectivity index (χ3v) is 6.89. The number of carbonyl (C=O) groups is 3. The lowest BCUT2D eigenvalue weighted by atomic mass is 9.96. The van der Waals surface area contributed by atoms with Crippen molar-refractivity contribution in [2.75, 3.05) is 13.2 Å². The van der Waals surface area contributed by atoms with E-state index in [1.54, 1.807) is 27.7 Å². The number of β-lactam (4-membered cyclic amide) rings is 1. The highest BCUT2D eigenvalue weighted by atomic mass is 35.6. The van der Waals surface area contributed by atoms with E-state index >= 15 is 0 Å². The van der Waals surface area contributed by atoms with Crippen LogP contribution in [0.2, 0.25) is 0 Å². The normalized spacial score (nSPS) is 29.1.